The normalized spacial score (nSPS) is 11.7. The Bertz CT molecular complexity index is 1160. The van der Waals surface area contributed by atoms with E-state index in [1.807, 2.05) is 42.5 Å². The topological polar surface area (TPSA) is 65.0 Å². The van der Waals surface area contributed by atoms with Crippen molar-refractivity contribution in [3.05, 3.63) is 77.6 Å². The number of hydrogen-bond donors (Lipinski definition) is 1. The zero-order valence-corrected chi connectivity index (χ0v) is 22.0. The number of halogens is 1. The fraction of sp³-hybridized carbons (Fsp3) is 0.387. The molecule has 1 N–H and O–H groups in total. The van der Waals surface area contributed by atoms with E-state index in [1.165, 1.54) is 6.07 Å². The summed E-state index contributed by atoms with van der Waals surface area (Å²) in [5.74, 6) is 0.661. The van der Waals surface area contributed by atoms with Crippen molar-refractivity contribution in [2.24, 2.45) is 0 Å². The summed E-state index contributed by atoms with van der Waals surface area (Å²) >= 11 is 0. The van der Waals surface area contributed by atoms with Crippen molar-refractivity contribution in [2.45, 2.75) is 64.9 Å². The Balaban J connectivity index is 1.81. The molecule has 37 heavy (non-hydrogen) atoms. The van der Waals surface area contributed by atoms with Gasteiger partial charge in [-0.2, -0.15) is 0 Å². The number of methoxy groups -OCH3 is 1. The lowest BCUT2D eigenvalue weighted by atomic mass is 9.90. The Kier molecular flexibility index (Phi) is 10.8. The van der Waals surface area contributed by atoms with Crippen molar-refractivity contribution < 1.29 is 28.5 Å². The molecular weight excluding hydrogens is 471 g/mol. The van der Waals surface area contributed by atoms with Crippen LogP contribution in [-0.4, -0.2) is 24.8 Å². The van der Waals surface area contributed by atoms with E-state index in [0.29, 0.717) is 41.6 Å². The van der Waals surface area contributed by atoms with Gasteiger partial charge in [0.25, 0.3) is 0 Å². The van der Waals surface area contributed by atoms with Crippen LogP contribution in [0.15, 0.2) is 60.7 Å². The van der Waals surface area contributed by atoms with Crippen LogP contribution in [0.5, 0.6) is 17.2 Å². The Morgan fingerprint density at radius 3 is 2.46 bits per heavy atom. The van der Waals surface area contributed by atoms with E-state index in [4.69, 9.17) is 14.2 Å². The van der Waals surface area contributed by atoms with Gasteiger partial charge in [0.05, 0.1) is 20.1 Å². The van der Waals surface area contributed by atoms with E-state index >= 15 is 0 Å². The highest BCUT2D eigenvalue weighted by Gasteiger charge is 2.17. The molecule has 0 bridgehead atoms. The molecule has 0 unspecified atom stereocenters. The molecule has 0 spiro atoms. The number of carboxylic acids is 1. The third-order valence-corrected chi connectivity index (χ3v) is 6.33. The molecule has 3 aromatic carbocycles. The summed E-state index contributed by atoms with van der Waals surface area (Å²) in [6.45, 7) is 5.02. The van der Waals surface area contributed by atoms with Crippen LogP contribution in [0, 0.1) is 5.82 Å². The van der Waals surface area contributed by atoms with Crippen LogP contribution < -0.4 is 14.2 Å². The second-order valence-corrected chi connectivity index (χ2v) is 9.18. The van der Waals surface area contributed by atoms with Crippen molar-refractivity contribution >= 4 is 5.97 Å². The summed E-state index contributed by atoms with van der Waals surface area (Å²) in [4.78, 5) is 11.4. The van der Waals surface area contributed by atoms with Crippen molar-refractivity contribution in [3.63, 3.8) is 0 Å². The summed E-state index contributed by atoms with van der Waals surface area (Å²) in [6, 6.07) is 18.0. The lowest BCUT2D eigenvalue weighted by Crippen LogP contribution is -2.07. The minimum Gasteiger partial charge on any atom is -0.497 e. The van der Waals surface area contributed by atoms with Gasteiger partial charge in [0, 0.05) is 11.1 Å². The van der Waals surface area contributed by atoms with Gasteiger partial charge in [-0.3, -0.25) is 4.79 Å². The van der Waals surface area contributed by atoms with Crippen molar-refractivity contribution in [3.8, 4) is 28.4 Å². The van der Waals surface area contributed by atoms with Crippen LogP contribution in [0.25, 0.3) is 11.1 Å². The second kappa shape index (κ2) is 14.3. The fourth-order valence-corrected chi connectivity index (χ4v) is 4.24. The monoisotopic (exact) mass is 508 g/mol. The van der Waals surface area contributed by atoms with E-state index in [9.17, 15) is 14.3 Å². The van der Waals surface area contributed by atoms with E-state index in [2.05, 4.69) is 13.8 Å². The van der Waals surface area contributed by atoms with Crippen LogP contribution in [0.3, 0.4) is 0 Å². The highest BCUT2D eigenvalue weighted by Crippen LogP contribution is 2.35. The predicted molar refractivity (Wildman–Crippen MR) is 144 cm³/mol. The standard InChI is InChI=1S/C31H37FO5/c1-4-6-9-24(19-31(33)34)23-10-8-11-26(18-23)37-21-22-12-14-27(30(17-22)36-16-7-5-2)28-20-25(35-3)13-15-29(28)32/h8,10-15,17-18,20,24H,4-7,9,16,19,21H2,1-3H3,(H,33,34)/t24-/m0/s1. The van der Waals surface area contributed by atoms with Crippen molar-refractivity contribution in [2.75, 3.05) is 13.7 Å². The Hall–Kier alpha value is -3.54. The molecular formula is C31H37FO5. The maximum atomic E-state index is 14.7. The molecule has 5 nitrogen and oxygen atoms in total. The van der Waals surface area contributed by atoms with Crippen LogP contribution >= 0.6 is 0 Å². The quantitative estimate of drug-likeness (QED) is 0.211. The van der Waals surface area contributed by atoms with Crippen LogP contribution in [0.2, 0.25) is 0 Å². The SMILES string of the molecule is CCCCOc1cc(COc2cccc([C@@H](CCCC)CC(=O)O)c2)ccc1-c1cc(OC)ccc1F. The molecule has 0 aliphatic carbocycles. The van der Waals surface area contributed by atoms with Gasteiger partial charge in [-0.15, -0.1) is 0 Å². The average Bonchev–Trinajstić information content (AvgIpc) is 2.90. The molecule has 3 aromatic rings. The maximum absolute atomic E-state index is 14.7. The van der Waals surface area contributed by atoms with Gasteiger partial charge in [-0.1, -0.05) is 57.4 Å². The average molecular weight is 509 g/mol. The molecule has 0 saturated heterocycles. The fourth-order valence-electron chi connectivity index (χ4n) is 4.24. The first-order valence-electron chi connectivity index (χ1n) is 13.0. The number of hydrogen-bond acceptors (Lipinski definition) is 4. The number of carbonyl (C=O) groups is 1. The maximum Gasteiger partial charge on any atom is 0.303 e. The molecule has 1 atom stereocenters. The van der Waals surface area contributed by atoms with Gasteiger partial charge in [0.1, 0.15) is 29.7 Å². The lowest BCUT2D eigenvalue weighted by molar-refractivity contribution is -0.137. The number of rotatable bonds is 15. The van der Waals surface area contributed by atoms with Crippen LogP contribution in [0.4, 0.5) is 4.39 Å². The summed E-state index contributed by atoms with van der Waals surface area (Å²) in [5.41, 5.74) is 2.94. The number of benzene rings is 3. The van der Waals surface area contributed by atoms with Gasteiger partial charge >= 0.3 is 5.97 Å². The first kappa shape index (κ1) is 28.0. The molecule has 0 amide bonds. The third-order valence-electron chi connectivity index (χ3n) is 6.33. The molecule has 198 valence electrons. The Morgan fingerprint density at radius 1 is 0.919 bits per heavy atom. The minimum absolute atomic E-state index is 0.0448. The van der Waals surface area contributed by atoms with Crippen LogP contribution in [0.1, 0.15) is 69.4 Å². The summed E-state index contributed by atoms with van der Waals surface area (Å²) in [6.07, 6.45) is 4.80. The van der Waals surface area contributed by atoms with E-state index < -0.39 is 5.97 Å². The third kappa shape index (κ3) is 8.24. The molecule has 0 aromatic heterocycles. The van der Waals surface area contributed by atoms with Gasteiger partial charge in [0.2, 0.25) is 0 Å². The zero-order chi connectivity index (χ0) is 26.6. The van der Waals surface area contributed by atoms with Crippen LogP contribution in [-0.2, 0) is 11.4 Å². The molecule has 0 saturated carbocycles. The molecule has 0 aliphatic rings. The van der Waals surface area contributed by atoms with E-state index in [-0.39, 0.29) is 18.2 Å². The van der Waals surface area contributed by atoms with E-state index in [0.717, 1.165) is 43.2 Å². The minimum atomic E-state index is -0.796. The first-order chi connectivity index (χ1) is 17.9. The van der Waals surface area contributed by atoms with E-state index in [1.54, 1.807) is 19.2 Å². The van der Waals surface area contributed by atoms with Gasteiger partial charge in [0.15, 0.2) is 0 Å². The summed E-state index contributed by atoms with van der Waals surface area (Å²) < 4.78 is 32.1. The smallest absolute Gasteiger partial charge is 0.303 e. The van der Waals surface area contributed by atoms with Gasteiger partial charge in [-0.25, -0.2) is 4.39 Å². The Morgan fingerprint density at radius 2 is 1.73 bits per heavy atom. The van der Waals surface area contributed by atoms with Crippen molar-refractivity contribution in [1.82, 2.24) is 0 Å². The zero-order valence-electron chi connectivity index (χ0n) is 22.0. The van der Waals surface area contributed by atoms with Crippen molar-refractivity contribution in [1.29, 1.82) is 0 Å². The predicted octanol–water partition coefficient (Wildman–Crippen LogP) is 8.01. The number of carboxylic acid groups (broad SMARTS) is 1. The highest BCUT2D eigenvalue weighted by atomic mass is 19.1. The number of ether oxygens (including phenoxy) is 3. The molecule has 0 heterocycles. The molecule has 6 heteroatoms. The summed E-state index contributed by atoms with van der Waals surface area (Å²) in [5, 5.41) is 9.35. The molecule has 3 rings (SSSR count). The second-order valence-electron chi connectivity index (χ2n) is 9.18. The largest absolute Gasteiger partial charge is 0.497 e. The Labute approximate surface area is 219 Å². The van der Waals surface area contributed by atoms with Gasteiger partial charge in [-0.05, 0) is 66.3 Å². The summed E-state index contributed by atoms with van der Waals surface area (Å²) in [7, 11) is 1.55. The lowest BCUT2D eigenvalue weighted by Gasteiger charge is -2.17. The molecule has 0 radical (unpaired) electrons. The highest BCUT2D eigenvalue weighted by molar-refractivity contribution is 5.72. The number of unbranched alkanes of at least 4 members (excludes halogenated alkanes) is 2. The molecule has 0 fully saturated rings. The molecule has 0 aliphatic heterocycles. The van der Waals surface area contributed by atoms with Gasteiger partial charge < -0.3 is 19.3 Å². The first-order valence-corrected chi connectivity index (χ1v) is 13.0. The number of aliphatic carboxylic acids is 1.